The average Bonchev–Trinajstić information content (AvgIpc) is 2.91. The van der Waals surface area contributed by atoms with E-state index in [1.165, 1.54) is 17.3 Å². The molecule has 0 bridgehead atoms. The molecule has 3 N–H and O–H groups in total. The monoisotopic (exact) mass is 323 g/mol. The molecule has 1 saturated heterocycles. The first-order valence-corrected chi connectivity index (χ1v) is 8.46. The summed E-state index contributed by atoms with van der Waals surface area (Å²) in [4.78, 5) is 18.1. The lowest BCUT2D eigenvalue weighted by Crippen LogP contribution is -2.48. The minimum atomic E-state index is -0.148. The van der Waals surface area contributed by atoms with Crippen LogP contribution in [0.5, 0.6) is 0 Å². The Bertz CT molecular complexity index is 578. The zero-order valence-electron chi connectivity index (χ0n) is 12.7. The Labute approximate surface area is 133 Å². The Kier molecular flexibility index (Phi) is 4.39. The number of carbonyl (C=O) groups is 1. The number of H-pyrrole nitrogens is 1. The van der Waals surface area contributed by atoms with Crippen molar-refractivity contribution >= 4 is 23.6 Å². The molecular weight excluding hydrogens is 302 g/mol. The van der Waals surface area contributed by atoms with E-state index >= 15 is 0 Å². The van der Waals surface area contributed by atoms with Gasteiger partial charge in [-0.25, -0.2) is 5.10 Å². The lowest BCUT2D eigenvalue weighted by atomic mass is 9.87. The zero-order valence-corrected chi connectivity index (χ0v) is 13.5. The fraction of sp³-hybridized carbons (Fsp3) is 0.643. The predicted octanol–water partition coefficient (Wildman–Crippen LogP) is 1.21. The van der Waals surface area contributed by atoms with Crippen molar-refractivity contribution < 1.29 is 9.53 Å². The summed E-state index contributed by atoms with van der Waals surface area (Å²) in [6, 6.07) is 0. The Morgan fingerprint density at radius 1 is 1.55 bits per heavy atom. The number of rotatable bonds is 3. The number of aromatic amines is 1. The van der Waals surface area contributed by atoms with Crippen molar-refractivity contribution in [2.75, 3.05) is 31.2 Å². The zero-order chi connectivity index (χ0) is 15.6. The predicted molar refractivity (Wildman–Crippen MR) is 84.4 cm³/mol. The number of nitrogens with zero attached hydrogens (tertiary/aromatic N) is 3. The maximum atomic E-state index is 12.3. The maximum absolute atomic E-state index is 12.3. The summed E-state index contributed by atoms with van der Waals surface area (Å²) >= 11 is 1.30. The van der Waals surface area contributed by atoms with Crippen LogP contribution in [-0.4, -0.2) is 57.0 Å². The van der Waals surface area contributed by atoms with Crippen LogP contribution >= 0.6 is 11.8 Å². The molecule has 1 aromatic heterocycles. The van der Waals surface area contributed by atoms with E-state index in [0.717, 1.165) is 39.0 Å². The summed E-state index contributed by atoms with van der Waals surface area (Å²) in [5.74, 6) is 0.714. The molecule has 1 amide bonds. The highest BCUT2D eigenvalue weighted by molar-refractivity contribution is 7.99. The first kappa shape index (κ1) is 15.4. The Balaban J connectivity index is 1.50. The van der Waals surface area contributed by atoms with Gasteiger partial charge in [0.2, 0.25) is 17.0 Å². The van der Waals surface area contributed by atoms with E-state index in [9.17, 15) is 4.79 Å². The lowest BCUT2D eigenvalue weighted by Gasteiger charge is -2.42. The minimum Gasteiger partial charge on any atom is -0.370 e. The summed E-state index contributed by atoms with van der Waals surface area (Å²) in [6.45, 7) is 4.41. The summed E-state index contributed by atoms with van der Waals surface area (Å²) in [6.07, 6.45) is 5.01. The molecule has 8 heteroatoms. The number of nitrogens with two attached hydrogens (primary N) is 1. The van der Waals surface area contributed by atoms with E-state index in [-0.39, 0.29) is 17.5 Å². The fourth-order valence-electron chi connectivity index (χ4n) is 2.94. The summed E-state index contributed by atoms with van der Waals surface area (Å²) in [5, 5.41) is 6.98. The molecule has 0 aromatic carbocycles. The number of thioether (sulfide) groups is 1. The number of nitrogens with one attached hydrogen (secondary N) is 1. The van der Waals surface area contributed by atoms with Gasteiger partial charge < -0.3 is 15.4 Å². The molecule has 0 radical (unpaired) electrons. The first-order chi connectivity index (χ1) is 10.6. The molecule has 0 aliphatic carbocycles. The van der Waals surface area contributed by atoms with Crippen molar-refractivity contribution in [3.05, 3.63) is 11.6 Å². The normalized spacial score (nSPS) is 21.0. The van der Waals surface area contributed by atoms with E-state index < -0.39 is 0 Å². The van der Waals surface area contributed by atoms with Gasteiger partial charge in [-0.3, -0.25) is 4.79 Å². The van der Waals surface area contributed by atoms with Crippen LogP contribution in [0, 0.1) is 0 Å². The van der Waals surface area contributed by atoms with Crippen molar-refractivity contribution in [1.82, 2.24) is 20.1 Å². The van der Waals surface area contributed by atoms with Crippen LogP contribution in [0.4, 0.5) is 5.95 Å². The van der Waals surface area contributed by atoms with Crippen molar-refractivity contribution in [1.29, 1.82) is 0 Å². The van der Waals surface area contributed by atoms with Gasteiger partial charge in [0.1, 0.15) is 0 Å². The van der Waals surface area contributed by atoms with Gasteiger partial charge >= 0.3 is 0 Å². The molecule has 1 fully saturated rings. The molecule has 7 nitrogen and oxygen atoms in total. The second-order valence-electron chi connectivity index (χ2n) is 5.83. The van der Waals surface area contributed by atoms with E-state index in [0.29, 0.717) is 10.9 Å². The van der Waals surface area contributed by atoms with Gasteiger partial charge in [0.25, 0.3) is 0 Å². The van der Waals surface area contributed by atoms with Crippen molar-refractivity contribution in [2.45, 2.75) is 36.9 Å². The minimum absolute atomic E-state index is 0.111. The first-order valence-electron chi connectivity index (χ1n) is 7.47. The topological polar surface area (TPSA) is 97.1 Å². The van der Waals surface area contributed by atoms with Crippen LogP contribution in [-0.2, 0) is 9.53 Å². The summed E-state index contributed by atoms with van der Waals surface area (Å²) < 4.78 is 5.98. The quantitative estimate of drug-likeness (QED) is 0.641. The van der Waals surface area contributed by atoms with Crippen LogP contribution in [0.15, 0.2) is 16.8 Å². The molecule has 0 saturated carbocycles. The molecule has 120 valence electrons. The number of carbonyl (C=O) groups excluding carboxylic acids is 1. The van der Waals surface area contributed by atoms with Gasteiger partial charge in [-0.05, 0) is 26.2 Å². The molecule has 2 aliphatic heterocycles. The Hall–Kier alpha value is -1.54. The maximum Gasteiger partial charge on any atom is 0.233 e. The van der Waals surface area contributed by atoms with Crippen LogP contribution < -0.4 is 5.73 Å². The number of ether oxygens (including phenoxy) is 1. The molecule has 22 heavy (non-hydrogen) atoms. The molecule has 3 rings (SSSR count). The van der Waals surface area contributed by atoms with Crippen LogP contribution in [0.2, 0.25) is 0 Å². The highest BCUT2D eigenvalue weighted by Crippen LogP contribution is 2.33. The van der Waals surface area contributed by atoms with Crippen LogP contribution in [0.3, 0.4) is 0 Å². The third kappa shape index (κ3) is 3.44. The van der Waals surface area contributed by atoms with Gasteiger partial charge in [-0.1, -0.05) is 23.4 Å². The van der Waals surface area contributed by atoms with Gasteiger partial charge in [0.15, 0.2) is 0 Å². The van der Waals surface area contributed by atoms with Crippen LogP contribution in [0.25, 0.3) is 0 Å². The van der Waals surface area contributed by atoms with Gasteiger partial charge in [0.05, 0.1) is 18.0 Å². The van der Waals surface area contributed by atoms with E-state index in [1.54, 1.807) is 0 Å². The molecule has 1 aromatic rings. The van der Waals surface area contributed by atoms with E-state index in [4.69, 9.17) is 10.5 Å². The summed E-state index contributed by atoms with van der Waals surface area (Å²) in [7, 11) is 0. The average molecular weight is 323 g/mol. The molecule has 0 atom stereocenters. The SMILES string of the molecule is CC1=CC2(CCN(C(=O)CSc3n[nH]c(N)n3)CC2)OCC1. The van der Waals surface area contributed by atoms with E-state index in [2.05, 4.69) is 28.2 Å². The smallest absolute Gasteiger partial charge is 0.233 e. The van der Waals surface area contributed by atoms with Crippen molar-refractivity contribution in [3.8, 4) is 0 Å². The number of piperidine rings is 1. The highest BCUT2D eigenvalue weighted by Gasteiger charge is 2.36. The molecule has 3 heterocycles. The van der Waals surface area contributed by atoms with E-state index in [1.807, 2.05) is 4.90 Å². The Morgan fingerprint density at radius 2 is 2.32 bits per heavy atom. The fourth-order valence-corrected chi connectivity index (χ4v) is 3.65. The number of hydrogen-bond donors (Lipinski definition) is 2. The summed E-state index contributed by atoms with van der Waals surface area (Å²) in [5.41, 5.74) is 6.70. The molecule has 0 unspecified atom stereocenters. The third-order valence-corrected chi connectivity index (χ3v) is 5.00. The standard InChI is InChI=1S/C14H21N5O2S/c1-10-2-7-21-14(8-10)3-5-19(6-4-14)11(20)9-22-13-16-12(15)17-18-13/h8H,2-7,9H2,1H3,(H3,15,16,17,18). The van der Waals surface area contributed by atoms with Crippen LogP contribution in [0.1, 0.15) is 26.2 Å². The van der Waals surface area contributed by atoms with Gasteiger partial charge in [-0.15, -0.1) is 5.10 Å². The number of anilines is 1. The van der Waals surface area contributed by atoms with Gasteiger partial charge in [0, 0.05) is 13.1 Å². The number of hydrogen-bond acceptors (Lipinski definition) is 6. The number of likely N-dealkylation sites (tertiary alicyclic amines) is 1. The molecular formula is C14H21N5O2S. The number of nitrogen functional groups attached to an aromatic ring is 1. The van der Waals surface area contributed by atoms with Gasteiger partial charge in [-0.2, -0.15) is 4.98 Å². The van der Waals surface area contributed by atoms with Crippen molar-refractivity contribution in [2.24, 2.45) is 0 Å². The lowest BCUT2D eigenvalue weighted by molar-refractivity contribution is -0.133. The Morgan fingerprint density at radius 3 is 2.95 bits per heavy atom. The largest absolute Gasteiger partial charge is 0.370 e. The highest BCUT2D eigenvalue weighted by atomic mass is 32.2. The molecule has 1 spiro atoms. The number of amides is 1. The van der Waals surface area contributed by atoms with Crippen molar-refractivity contribution in [3.63, 3.8) is 0 Å². The number of aromatic nitrogens is 3. The second kappa shape index (κ2) is 6.29. The third-order valence-electron chi connectivity index (χ3n) is 4.16. The second-order valence-corrected chi connectivity index (χ2v) is 6.77. The molecule has 2 aliphatic rings.